The van der Waals surface area contributed by atoms with Crippen LogP contribution in [0.4, 0.5) is 13.2 Å². The third-order valence-corrected chi connectivity index (χ3v) is 2.89. The summed E-state index contributed by atoms with van der Waals surface area (Å²) in [6.07, 6.45) is -3.67. The molecule has 0 amide bonds. The van der Waals surface area contributed by atoms with Crippen molar-refractivity contribution in [3.63, 3.8) is 0 Å². The number of furan rings is 1. The van der Waals surface area contributed by atoms with E-state index in [9.17, 15) is 13.2 Å². The van der Waals surface area contributed by atoms with Gasteiger partial charge in [0.05, 0.1) is 5.56 Å². The number of alkyl halides is 3. The fraction of sp³-hybridized carbons (Fsp3) is 0.385. The molecule has 1 atom stereocenters. The van der Waals surface area contributed by atoms with Gasteiger partial charge in [-0.2, -0.15) is 13.2 Å². The molecule has 0 saturated carbocycles. The topological polar surface area (TPSA) is 25.2 Å². The number of nitrogens with one attached hydrogen (secondary N) is 1. The van der Waals surface area contributed by atoms with E-state index in [4.69, 9.17) is 4.42 Å². The van der Waals surface area contributed by atoms with Gasteiger partial charge in [0, 0.05) is 17.8 Å². The summed E-state index contributed by atoms with van der Waals surface area (Å²) in [7, 11) is 1.83. The van der Waals surface area contributed by atoms with Crippen LogP contribution in [0.15, 0.2) is 28.7 Å². The van der Waals surface area contributed by atoms with Gasteiger partial charge in [-0.05, 0) is 38.2 Å². The van der Waals surface area contributed by atoms with E-state index in [1.165, 1.54) is 6.07 Å². The third-order valence-electron chi connectivity index (χ3n) is 2.89. The summed E-state index contributed by atoms with van der Waals surface area (Å²) in [5.41, 5.74) is -0.162. The Hall–Kier alpha value is -1.49. The number of hydrogen-bond acceptors (Lipinski definition) is 2. The van der Waals surface area contributed by atoms with Gasteiger partial charge in [0.25, 0.3) is 0 Å². The van der Waals surface area contributed by atoms with Crippen LogP contribution >= 0.6 is 0 Å². The molecule has 2 aromatic rings. The van der Waals surface area contributed by atoms with Gasteiger partial charge in [-0.25, -0.2) is 0 Å². The van der Waals surface area contributed by atoms with E-state index in [1.54, 1.807) is 6.07 Å². The monoisotopic (exact) mass is 257 g/mol. The predicted octanol–water partition coefficient (Wildman–Crippen LogP) is 3.60. The van der Waals surface area contributed by atoms with Gasteiger partial charge < -0.3 is 9.73 Å². The lowest BCUT2D eigenvalue weighted by molar-refractivity contribution is -0.137. The summed E-state index contributed by atoms with van der Waals surface area (Å²) in [5.74, 6) is 0.686. The number of rotatable bonds is 3. The Kier molecular flexibility index (Phi) is 3.34. The van der Waals surface area contributed by atoms with Gasteiger partial charge in [0.2, 0.25) is 0 Å². The van der Waals surface area contributed by atoms with Crippen molar-refractivity contribution in [2.24, 2.45) is 0 Å². The Balaban J connectivity index is 2.34. The highest BCUT2D eigenvalue weighted by Gasteiger charge is 2.30. The zero-order chi connectivity index (χ0) is 13.3. The van der Waals surface area contributed by atoms with Crippen LogP contribution in [0.2, 0.25) is 0 Å². The molecule has 0 spiro atoms. The molecule has 1 aromatic carbocycles. The van der Waals surface area contributed by atoms with Crippen LogP contribution in [-0.4, -0.2) is 13.1 Å². The highest BCUT2D eigenvalue weighted by atomic mass is 19.4. The molecule has 0 bridgehead atoms. The van der Waals surface area contributed by atoms with Crippen LogP contribution in [-0.2, 0) is 12.6 Å². The molecular formula is C13H14F3NO. The minimum atomic E-state index is -4.32. The molecule has 2 rings (SSSR count). The molecule has 18 heavy (non-hydrogen) atoms. The predicted molar refractivity (Wildman–Crippen MR) is 63.4 cm³/mol. The number of likely N-dealkylation sites (N-methyl/N-ethyl adjacent to an activating group) is 1. The first-order valence-corrected chi connectivity index (χ1v) is 5.67. The van der Waals surface area contributed by atoms with Gasteiger partial charge >= 0.3 is 6.18 Å². The van der Waals surface area contributed by atoms with E-state index in [-0.39, 0.29) is 6.04 Å². The number of fused-ring (bicyclic) bond motifs is 1. The lowest BCUT2D eigenvalue weighted by Gasteiger charge is -2.06. The lowest BCUT2D eigenvalue weighted by Crippen LogP contribution is -2.23. The van der Waals surface area contributed by atoms with Crippen LogP contribution in [0.5, 0.6) is 0 Å². The van der Waals surface area contributed by atoms with Crippen molar-refractivity contribution in [1.29, 1.82) is 0 Å². The Morgan fingerprint density at radius 2 is 2.00 bits per heavy atom. The largest absolute Gasteiger partial charge is 0.461 e. The fourth-order valence-corrected chi connectivity index (χ4v) is 1.78. The summed E-state index contributed by atoms with van der Waals surface area (Å²) < 4.78 is 43.1. The van der Waals surface area contributed by atoms with E-state index < -0.39 is 11.7 Å². The smallest absolute Gasteiger partial charge is 0.416 e. The lowest BCUT2D eigenvalue weighted by atomic mass is 10.1. The zero-order valence-corrected chi connectivity index (χ0v) is 10.1. The maximum absolute atomic E-state index is 12.5. The zero-order valence-electron chi connectivity index (χ0n) is 10.1. The van der Waals surface area contributed by atoms with E-state index in [0.29, 0.717) is 23.2 Å². The Bertz CT molecular complexity index is 545. The van der Waals surface area contributed by atoms with Crippen LogP contribution in [0, 0.1) is 0 Å². The first kappa shape index (κ1) is 13.0. The third kappa shape index (κ3) is 2.67. The number of benzene rings is 1. The van der Waals surface area contributed by atoms with Crippen molar-refractivity contribution in [3.8, 4) is 0 Å². The molecule has 2 nitrogen and oxygen atoms in total. The highest BCUT2D eigenvalue weighted by molar-refractivity contribution is 5.78. The molecule has 0 saturated heterocycles. The van der Waals surface area contributed by atoms with Crippen molar-refractivity contribution in [2.75, 3.05) is 7.05 Å². The standard InChI is InChI=1S/C13H14F3NO/c1-8(17-2)5-11-7-9-6-10(13(14,15)16)3-4-12(9)18-11/h3-4,6-8,17H,5H2,1-2H3. The van der Waals surface area contributed by atoms with Gasteiger partial charge in [-0.1, -0.05) is 0 Å². The van der Waals surface area contributed by atoms with Crippen molar-refractivity contribution in [2.45, 2.75) is 25.6 Å². The van der Waals surface area contributed by atoms with Gasteiger partial charge in [0.15, 0.2) is 0 Å². The Labute approximate surface area is 103 Å². The minimum absolute atomic E-state index is 0.215. The molecule has 98 valence electrons. The molecule has 0 aliphatic carbocycles. The Morgan fingerprint density at radius 1 is 1.28 bits per heavy atom. The molecular weight excluding hydrogens is 243 g/mol. The molecule has 0 aliphatic heterocycles. The summed E-state index contributed by atoms with van der Waals surface area (Å²) in [5, 5.41) is 3.54. The van der Waals surface area contributed by atoms with Crippen LogP contribution in [0.25, 0.3) is 11.0 Å². The van der Waals surface area contributed by atoms with Crippen molar-refractivity contribution < 1.29 is 17.6 Å². The normalized spacial score (nSPS) is 14.1. The van der Waals surface area contributed by atoms with Crippen molar-refractivity contribution in [1.82, 2.24) is 5.32 Å². The van der Waals surface area contributed by atoms with Crippen LogP contribution < -0.4 is 5.32 Å². The van der Waals surface area contributed by atoms with Crippen molar-refractivity contribution in [3.05, 3.63) is 35.6 Å². The molecule has 1 unspecified atom stereocenters. The SMILES string of the molecule is CNC(C)Cc1cc2cc(C(F)(F)F)ccc2o1. The van der Waals surface area contributed by atoms with E-state index >= 15 is 0 Å². The van der Waals surface area contributed by atoms with Crippen LogP contribution in [0.3, 0.4) is 0 Å². The molecule has 5 heteroatoms. The summed E-state index contributed by atoms with van der Waals surface area (Å²) in [4.78, 5) is 0. The van der Waals surface area contributed by atoms with Crippen molar-refractivity contribution >= 4 is 11.0 Å². The second-order valence-corrected chi connectivity index (χ2v) is 4.36. The average molecular weight is 257 g/mol. The fourth-order valence-electron chi connectivity index (χ4n) is 1.78. The quantitative estimate of drug-likeness (QED) is 0.908. The molecule has 0 radical (unpaired) electrons. The summed E-state index contributed by atoms with van der Waals surface area (Å²) >= 11 is 0. The summed E-state index contributed by atoms with van der Waals surface area (Å²) in [6.45, 7) is 1.98. The van der Waals surface area contributed by atoms with E-state index in [2.05, 4.69) is 5.32 Å². The maximum Gasteiger partial charge on any atom is 0.416 e. The molecule has 0 aliphatic rings. The number of halogens is 3. The van der Waals surface area contributed by atoms with Gasteiger partial charge in [-0.3, -0.25) is 0 Å². The number of hydrogen-bond donors (Lipinski definition) is 1. The summed E-state index contributed by atoms with van der Waals surface area (Å²) in [6, 6.07) is 5.40. The molecule has 1 aromatic heterocycles. The van der Waals surface area contributed by atoms with E-state index in [1.807, 2.05) is 14.0 Å². The van der Waals surface area contributed by atoms with Crippen LogP contribution in [0.1, 0.15) is 18.2 Å². The second kappa shape index (κ2) is 4.65. The molecule has 0 fully saturated rings. The van der Waals surface area contributed by atoms with Gasteiger partial charge in [-0.15, -0.1) is 0 Å². The Morgan fingerprint density at radius 3 is 2.61 bits per heavy atom. The second-order valence-electron chi connectivity index (χ2n) is 4.36. The van der Waals surface area contributed by atoms with Gasteiger partial charge in [0.1, 0.15) is 11.3 Å². The highest BCUT2D eigenvalue weighted by Crippen LogP contribution is 2.32. The maximum atomic E-state index is 12.5. The molecule has 1 N–H and O–H groups in total. The first-order chi connectivity index (χ1) is 8.40. The molecule has 1 heterocycles. The van der Waals surface area contributed by atoms with E-state index in [0.717, 1.165) is 12.1 Å². The minimum Gasteiger partial charge on any atom is -0.461 e. The average Bonchev–Trinajstić information content (AvgIpc) is 2.68. The first-order valence-electron chi connectivity index (χ1n) is 5.67.